The molecular weight excluding hydrogens is 285 g/mol. The molecule has 0 atom stereocenters. The van der Waals surface area contributed by atoms with Crippen LogP contribution in [-0.4, -0.2) is 21.3 Å². The number of primary amides is 1. The summed E-state index contributed by atoms with van der Waals surface area (Å²) in [5.74, 6) is -0.847. The molecular formula is C10H6ClF3N4O. The Morgan fingerprint density at radius 2 is 2.00 bits per heavy atom. The lowest BCUT2D eigenvalue weighted by molar-refractivity contribution is -0.137. The summed E-state index contributed by atoms with van der Waals surface area (Å²) in [5.41, 5.74) is 4.17. The van der Waals surface area contributed by atoms with E-state index in [1.807, 2.05) is 0 Å². The maximum Gasteiger partial charge on any atom is 0.417 e. The Balaban J connectivity index is 2.51. The Morgan fingerprint density at radius 1 is 1.32 bits per heavy atom. The van der Waals surface area contributed by atoms with Crippen LogP contribution in [0, 0.1) is 0 Å². The zero-order valence-electron chi connectivity index (χ0n) is 9.12. The van der Waals surface area contributed by atoms with Crippen LogP contribution in [0.1, 0.15) is 16.1 Å². The van der Waals surface area contributed by atoms with Crippen molar-refractivity contribution in [3.05, 3.63) is 34.5 Å². The minimum Gasteiger partial charge on any atom is -0.364 e. The number of nitrogens with zero attached hydrogens (tertiary/aromatic N) is 2. The lowest BCUT2D eigenvalue weighted by Gasteiger charge is -2.09. The van der Waals surface area contributed by atoms with Gasteiger partial charge in [-0.2, -0.15) is 28.6 Å². The van der Waals surface area contributed by atoms with Crippen LogP contribution in [0.15, 0.2) is 18.2 Å². The van der Waals surface area contributed by atoms with Crippen LogP contribution < -0.4 is 5.73 Å². The average molecular weight is 291 g/mol. The molecule has 5 nitrogen and oxygen atoms in total. The lowest BCUT2D eigenvalue weighted by Crippen LogP contribution is -2.13. The predicted octanol–water partition coefficient (Wildman–Crippen LogP) is 2.24. The fourth-order valence-electron chi connectivity index (χ4n) is 1.50. The number of benzene rings is 1. The van der Waals surface area contributed by atoms with Crippen molar-refractivity contribution in [1.82, 2.24) is 15.4 Å². The summed E-state index contributed by atoms with van der Waals surface area (Å²) < 4.78 is 37.6. The molecule has 0 radical (unpaired) electrons. The third-order valence-corrected chi connectivity index (χ3v) is 2.64. The van der Waals surface area contributed by atoms with Crippen molar-refractivity contribution in [3.63, 3.8) is 0 Å². The number of hydrogen-bond donors (Lipinski definition) is 2. The number of alkyl halides is 3. The first kappa shape index (κ1) is 13.3. The molecule has 0 saturated heterocycles. The van der Waals surface area contributed by atoms with E-state index in [0.717, 1.165) is 18.2 Å². The summed E-state index contributed by atoms with van der Waals surface area (Å²) in [6.45, 7) is 0. The first-order valence-corrected chi connectivity index (χ1v) is 5.26. The monoisotopic (exact) mass is 290 g/mol. The Morgan fingerprint density at radius 3 is 2.53 bits per heavy atom. The van der Waals surface area contributed by atoms with Gasteiger partial charge in [-0.05, 0) is 12.1 Å². The molecule has 0 unspecified atom stereocenters. The van der Waals surface area contributed by atoms with Crippen LogP contribution in [0.5, 0.6) is 0 Å². The fourth-order valence-corrected chi connectivity index (χ4v) is 1.78. The molecule has 1 heterocycles. The molecule has 0 bridgehead atoms. The first-order valence-electron chi connectivity index (χ1n) is 4.88. The summed E-state index contributed by atoms with van der Waals surface area (Å²) in [6.07, 6.45) is -4.55. The Bertz CT molecular complexity index is 638. The minimum absolute atomic E-state index is 0.0446. The number of amides is 1. The number of nitrogens with two attached hydrogens (primary N) is 1. The number of rotatable bonds is 2. The molecule has 0 aliphatic rings. The number of nitrogens with one attached hydrogen (secondary N) is 1. The van der Waals surface area contributed by atoms with Gasteiger partial charge in [-0.3, -0.25) is 4.79 Å². The summed E-state index contributed by atoms with van der Waals surface area (Å²) in [6, 6.07) is 2.99. The topological polar surface area (TPSA) is 84.7 Å². The van der Waals surface area contributed by atoms with Gasteiger partial charge in [0.05, 0.1) is 10.6 Å². The van der Waals surface area contributed by atoms with Gasteiger partial charge in [0.15, 0.2) is 5.69 Å². The third kappa shape index (κ3) is 2.53. The van der Waals surface area contributed by atoms with Gasteiger partial charge in [-0.15, -0.1) is 0 Å². The summed E-state index contributed by atoms with van der Waals surface area (Å²) >= 11 is 5.57. The third-order valence-electron chi connectivity index (χ3n) is 2.33. The van der Waals surface area contributed by atoms with Crippen LogP contribution in [0.25, 0.3) is 11.3 Å². The van der Waals surface area contributed by atoms with E-state index >= 15 is 0 Å². The summed E-state index contributed by atoms with van der Waals surface area (Å²) in [7, 11) is 0. The standard InChI is InChI=1S/C10H6ClF3N4O/c11-6-3-4(1-2-5(6)10(12,13)14)7-8(9(15)19)17-18-16-7/h1-3H,(H2,15,19)(H,16,17,18). The van der Waals surface area contributed by atoms with Crippen molar-refractivity contribution in [2.75, 3.05) is 0 Å². The Kier molecular flexibility index (Phi) is 3.19. The Labute approximate surface area is 109 Å². The van der Waals surface area contributed by atoms with Gasteiger partial charge in [0.25, 0.3) is 5.91 Å². The van der Waals surface area contributed by atoms with Crippen molar-refractivity contribution in [2.45, 2.75) is 6.18 Å². The molecule has 0 saturated carbocycles. The van der Waals surface area contributed by atoms with Crippen molar-refractivity contribution in [1.29, 1.82) is 0 Å². The van der Waals surface area contributed by atoms with Gasteiger partial charge in [-0.1, -0.05) is 17.7 Å². The SMILES string of the molecule is NC(=O)c1n[nH]nc1-c1ccc(C(F)(F)F)c(Cl)c1. The smallest absolute Gasteiger partial charge is 0.364 e. The molecule has 1 aromatic carbocycles. The zero-order valence-corrected chi connectivity index (χ0v) is 9.88. The molecule has 1 amide bonds. The number of H-pyrrole nitrogens is 1. The largest absolute Gasteiger partial charge is 0.417 e. The average Bonchev–Trinajstić information content (AvgIpc) is 2.75. The van der Waals surface area contributed by atoms with Crippen LogP contribution in [-0.2, 0) is 6.18 Å². The number of aromatic nitrogens is 3. The van der Waals surface area contributed by atoms with Crippen molar-refractivity contribution in [3.8, 4) is 11.3 Å². The summed E-state index contributed by atoms with van der Waals surface area (Å²) in [4.78, 5) is 11.1. The molecule has 0 aliphatic heterocycles. The first-order chi connectivity index (χ1) is 8.80. The lowest BCUT2D eigenvalue weighted by atomic mass is 10.1. The number of hydrogen-bond acceptors (Lipinski definition) is 3. The highest BCUT2D eigenvalue weighted by atomic mass is 35.5. The van der Waals surface area contributed by atoms with E-state index in [0.29, 0.717) is 0 Å². The van der Waals surface area contributed by atoms with Crippen molar-refractivity contribution < 1.29 is 18.0 Å². The van der Waals surface area contributed by atoms with Gasteiger partial charge < -0.3 is 5.73 Å². The van der Waals surface area contributed by atoms with Crippen molar-refractivity contribution in [2.24, 2.45) is 5.73 Å². The maximum absolute atomic E-state index is 12.5. The van der Waals surface area contributed by atoms with Crippen LogP contribution in [0.4, 0.5) is 13.2 Å². The van der Waals surface area contributed by atoms with E-state index < -0.39 is 22.7 Å². The second kappa shape index (κ2) is 4.54. The Hall–Kier alpha value is -2.09. The molecule has 2 rings (SSSR count). The van der Waals surface area contributed by atoms with Gasteiger partial charge >= 0.3 is 6.18 Å². The molecule has 0 fully saturated rings. The van der Waals surface area contributed by atoms with E-state index in [4.69, 9.17) is 17.3 Å². The number of carbonyl (C=O) groups excluding carboxylic acids is 1. The second-order valence-electron chi connectivity index (χ2n) is 3.58. The number of halogens is 4. The second-order valence-corrected chi connectivity index (χ2v) is 3.98. The summed E-state index contributed by atoms with van der Waals surface area (Å²) in [5, 5.41) is 8.86. The molecule has 100 valence electrons. The van der Waals surface area contributed by atoms with Crippen LogP contribution in [0.2, 0.25) is 5.02 Å². The van der Waals surface area contributed by atoms with Crippen LogP contribution >= 0.6 is 11.6 Å². The van der Waals surface area contributed by atoms with E-state index in [1.54, 1.807) is 0 Å². The van der Waals surface area contributed by atoms with Crippen molar-refractivity contribution >= 4 is 17.5 Å². The molecule has 3 N–H and O–H groups in total. The van der Waals surface area contributed by atoms with Gasteiger partial charge in [0.2, 0.25) is 0 Å². The maximum atomic E-state index is 12.5. The zero-order chi connectivity index (χ0) is 14.2. The fraction of sp³-hybridized carbons (Fsp3) is 0.100. The van der Waals surface area contributed by atoms with Crippen LogP contribution in [0.3, 0.4) is 0 Å². The minimum atomic E-state index is -4.55. The number of carbonyl (C=O) groups is 1. The van der Waals surface area contributed by atoms with E-state index in [9.17, 15) is 18.0 Å². The molecule has 0 spiro atoms. The highest BCUT2D eigenvalue weighted by Crippen LogP contribution is 2.36. The molecule has 2 aromatic rings. The van der Waals surface area contributed by atoms with Gasteiger partial charge in [-0.25, -0.2) is 0 Å². The normalized spacial score (nSPS) is 11.6. The highest BCUT2D eigenvalue weighted by molar-refractivity contribution is 6.31. The van der Waals surface area contributed by atoms with E-state index in [2.05, 4.69) is 15.4 Å². The number of aromatic amines is 1. The van der Waals surface area contributed by atoms with Gasteiger partial charge in [0.1, 0.15) is 5.69 Å². The van der Waals surface area contributed by atoms with Gasteiger partial charge in [0, 0.05) is 5.56 Å². The highest BCUT2D eigenvalue weighted by Gasteiger charge is 2.33. The molecule has 0 aliphatic carbocycles. The van der Waals surface area contributed by atoms with E-state index in [1.165, 1.54) is 0 Å². The predicted molar refractivity (Wildman–Crippen MR) is 60.3 cm³/mol. The molecule has 9 heteroatoms. The molecule has 19 heavy (non-hydrogen) atoms. The van der Waals surface area contributed by atoms with E-state index in [-0.39, 0.29) is 17.0 Å². The quantitative estimate of drug-likeness (QED) is 0.889. The molecule has 1 aromatic heterocycles.